The van der Waals surface area contributed by atoms with E-state index in [9.17, 15) is 9.59 Å². The molecule has 9 nitrogen and oxygen atoms in total. The van der Waals surface area contributed by atoms with Crippen LogP contribution in [0.5, 0.6) is 5.75 Å². The van der Waals surface area contributed by atoms with Crippen molar-refractivity contribution in [3.8, 4) is 5.75 Å². The molecule has 5 rings (SSSR count). The van der Waals surface area contributed by atoms with Gasteiger partial charge in [-0.3, -0.25) is 9.59 Å². The van der Waals surface area contributed by atoms with Crippen LogP contribution >= 0.6 is 12.4 Å². The van der Waals surface area contributed by atoms with Gasteiger partial charge in [0.2, 0.25) is 11.8 Å². The van der Waals surface area contributed by atoms with Gasteiger partial charge in [0, 0.05) is 22.8 Å². The van der Waals surface area contributed by atoms with Crippen LogP contribution in [-0.2, 0) is 16.0 Å². The third-order valence-corrected chi connectivity index (χ3v) is 5.58. The van der Waals surface area contributed by atoms with Gasteiger partial charge in [-0.2, -0.15) is 0 Å². The zero-order valence-corrected chi connectivity index (χ0v) is 18.2. The monoisotopic (exact) mass is 454 g/mol. The Morgan fingerprint density at radius 2 is 2.09 bits per heavy atom. The number of halogens is 1. The number of carbonyl (C=O) groups is 2. The van der Waals surface area contributed by atoms with Crippen molar-refractivity contribution in [2.75, 3.05) is 29.6 Å². The molecule has 3 heterocycles. The normalized spacial score (nSPS) is 16.8. The van der Waals surface area contributed by atoms with E-state index in [1.165, 1.54) is 6.33 Å². The predicted octanol–water partition coefficient (Wildman–Crippen LogP) is 2.99. The van der Waals surface area contributed by atoms with Crippen LogP contribution in [0.1, 0.15) is 18.4 Å². The number of anilines is 4. The third kappa shape index (κ3) is 4.17. The number of carbonyl (C=O) groups excluding carboxylic acids is 2. The molecule has 0 radical (unpaired) electrons. The maximum Gasteiger partial charge on any atom is 0.241 e. The van der Waals surface area contributed by atoms with E-state index >= 15 is 0 Å². The molecule has 1 fully saturated rings. The van der Waals surface area contributed by atoms with Crippen LogP contribution in [0.2, 0.25) is 0 Å². The van der Waals surface area contributed by atoms with Gasteiger partial charge < -0.3 is 26.0 Å². The van der Waals surface area contributed by atoms with Gasteiger partial charge in [0.25, 0.3) is 0 Å². The molecular formula is C22H23ClN6O3. The molecule has 2 aliphatic heterocycles. The van der Waals surface area contributed by atoms with Crippen LogP contribution in [0.3, 0.4) is 0 Å². The zero-order valence-electron chi connectivity index (χ0n) is 17.4. The van der Waals surface area contributed by atoms with Crippen LogP contribution in [0.25, 0.3) is 10.9 Å². The number of methoxy groups -OCH3 is 1. The summed E-state index contributed by atoms with van der Waals surface area (Å²) in [6.45, 7) is 0.844. The van der Waals surface area contributed by atoms with E-state index in [0.717, 1.165) is 41.7 Å². The van der Waals surface area contributed by atoms with Gasteiger partial charge in [-0.1, -0.05) is 0 Å². The summed E-state index contributed by atoms with van der Waals surface area (Å²) < 4.78 is 5.48. The number of ether oxygens (including phenoxy) is 1. The zero-order chi connectivity index (χ0) is 21.4. The number of fused-ring (bicyclic) bond motifs is 2. The van der Waals surface area contributed by atoms with Crippen molar-refractivity contribution in [2.45, 2.75) is 25.3 Å². The highest BCUT2D eigenvalue weighted by Gasteiger charge is 2.23. The van der Waals surface area contributed by atoms with Crippen molar-refractivity contribution in [1.82, 2.24) is 15.3 Å². The molecule has 1 aromatic heterocycles. The average molecular weight is 455 g/mol. The Kier molecular flexibility index (Phi) is 6.11. The number of nitrogens with one attached hydrogen (secondary N) is 4. The first-order valence-electron chi connectivity index (χ1n) is 10.2. The van der Waals surface area contributed by atoms with Gasteiger partial charge in [0.1, 0.15) is 17.9 Å². The Hall–Kier alpha value is -3.43. The van der Waals surface area contributed by atoms with Gasteiger partial charge in [-0.05, 0) is 49.2 Å². The van der Waals surface area contributed by atoms with Gasteiger partial charge in [0.05, 0.1) is 30.8 Å². The molecule has 0 aliphatic carbocycles. The van der Waals surface area contributed by atoms with Crippen molar-refractivity contribution in [3.63, 3.8) is 0 Å². The molecule has 1 atom stereocenters. The molecular weight excluding hydrogens is 432 g/mol. The minimum Gasteiger partial charge on any atom is -0.494 e. The van der Waals surface area contributed by atoms with Crippen LogP contribution in [0, 0.1) is 0 Å². The largest absolute Gasteiger partial charge is 0.494 e. The summed E-state index contributed by atoms with van der Waals surface area (Å²) >= 11 is 0. The first kappa shape index (κ1) is 21.8. The molecule has 2 amide bonds. The van der Waals surface area contributed by atoms with Gasteiger partial charge >= 0.3 is 0 Å². The molecule has 0 bridgehead atoms. The maximum absolute atomic E-state index is 12.6. The Bertz CT molecular complexity index is 1200. The second-order valence-corrected chi connectivity index (χ2v) is 7.65. The van der Waals surface area contributed by atoms with Crippen LogP contribution in [0.4, 0.5) is 22.9 Å². The van der Waals surface area contributed by atoms with Crippen molar-refractivity contribution in [1.29, 1.82) is 0 Å². The average Bonchev–Trinajstić information content (AvgIpc) is 3.42. The fraction of sp³-hybridized carbons (Fsp3) is 0.273. The fourth-order valence-electron chi connectivity index (χ4n) is 4.02. The Morgan fingerprint density at radius 1 is 1.22 bits per heavy atom. The summed E-state index contributed by atoms with van der Waals surface area (Å²) in [5.41, 5.74) is 3.83. The number of nitrogens with zero attached hydrogens (tertiary/aromatic N) is 2. The summed E-state index contributed by atoms with van der Waals surface area (Å²) in [4.78, 5) is 33.0. The van der Waals surface area contributed by atoms with Gasteiger partial charge in [-0.25, -0.2) is 9.97 Å². The summed E-state index contributed by atoms with van der Waals surface area (Å²) in [5, 5.41) is 13.0. The Morgan fingerprint density at radius 3 is 2.88 bits per heavy atom. The number of hydrogen-bond donors (Lipinski definition) is 4. The van der Waals surface area contributed by atoms with Crippen molar-refractivity contribution in [2.24, 2.45) is 0 Å². The van der Waals surface area contributed by atoms with Crippen LogP contribution in [-0.4, -0.2) is 41.5 Å². The number of rotatable bonds is 5. The number of hydrogen-bond acceptors (Lipinski definition) is 7. The highest BCUT2D eigenvalue weighted by molar-refractivity contribution is 6.02. The van der Waals surface area contributed by atoms with E-state index in [2.05, 4.69) is 31.2 Å². The lowest BCUT2D eigenvalue weighted by atomic mass is 10.1. The number of benzene rings is 2. The molecule has 0 spiro atoms. The maximum atomic E-state index is 12.6. The first-order valence-corrected chi connectivity index (χ1v) is 10.2. The standard InChI is InChI=1S/C22H22N6O3.ClH/c1-31-19-10-17-14(9-18(19)28-22(30)16-3-2-6-23-16)21(25-11-24-17)26-13-4-5-15-12(7-13)8-20(29)27-15;/h4-5,7,9-11,16,23H,2-3,6,8H2,1H3,(H,27,29)(H,28,30)(H,24,25,26);1H. The molecule has 1 saturated heterocycles. The van der Waals surface area contributed by atoms with Crippen LogP contribution < -0.4 is 26.0 Å². The minimum atomic E-state index is -0.201. The van der Waals surface area contributed by atoms with E-state index in [0.29, 0.717) is 29.2 Å². The van der Waals surface area contributed by atoms with Crippen molar-refractivity contribution < 1.29 is 14.3 Å². The molecule has 166 valence electrons. The first-order chi connectivity index (χ1) is 15.1. The summed E-state index contributed by atoms with van der Waals surface area (Å²) in [5.74, 6) is 1.03. The molecule has 3 aromatic rings. The second kappa shape index (κ2) is 8.97. The van der Waals surface area contributed by atoms with E-state index in [4.69, 9.17) is 4.74 Å². The SMILES string of the molecule is COc1cc2ncnc(Nc3ccc4c(c3)CC(=O)N4)c2cc1NC(=O)C1CCCN1.Cl. The molecule has 1 unspecified atom stereocenters. The van der Waals surface area contributed by atoms with Crippen molar-refractivity contribution in [3.05, 3.63) is 42.2 Å². The molecule has 10 heteroatoms. The lowest BCUT2D eigenvalue weighted by Gasteiger charge is -2.16. The molecule has 2 aliphatic rings. The fourth-order valence-corrected chi connectivity index (χ4v) is 4.02. The molecule has 4 N–H and O–H groups in total. The second-order valence-electron chi connectivity index (χ2n) is 7.65. The quantitative estimate of drug-likeness (QED) is 0.468. The Labute approximate surface area is 190 Å². The minimum absolute atomic E-state index is 0. The van der Waals surface area contributed by atoms with Crippen molar-refractivity contribution >= 4 is 58.0 Å². The highest BCUT2D eigenvalue weighted by atomic mass is 35.5. The van der Waals surface area contributed by atoms with E-state index in [1.54, 1.807) is 13.2 Å². The smallest absolute Gasteiger partial charge is 0.241 e. The molecule has 2 aromatic carbocycles. The summed E-state index contributed by atoms with van der Waals surface area (Å²) in [6, 6.07) is 9.09. The Balaban J connectivity index is 0.00000245. The van der Waals surface area contributed by atoms with E-state index < -0.39 is 0 Å². The highest BCUT2D eigenvalue weighted by Crippen LogP contribution is 2.34. The van der Waals surface area contributed by atoms with E-state index in [1.807, 2.05) is 24.3 Å². The van der Waals surface area contributed by atoms with Gasteiger partial charge in [-0.15, -0.1) is 12.4 Å². The predicted molar refractivity (Wildman–Crippen MR) is 125 cm³/mol. The lowest BCUT2D eigenvalue weighted by Crippen LogP contribution is -2.35. The summed E-state index contributed by atoms with van der Waals surface area (Å²) in [6.07, 6.45) is 3.63. The summed E-state index contributed by atoms with van der Waals surface area (Å²) in [7, 11) is 1.56. The van der Waals surface area contributed by atoms with Gasteiger partial charge in [0.15, 0.2) is 0 Å². The lowest BCUT2D eigenvalue weighted by molar-refractivity contribution is -0.118. The third-order valence-electron chi connectivity index (χ3n) is 5.58. The van der Waals surface area contributed by atoms with Crippen LogP contribution in [0.15, 0.2) is 36.7 Å². The number of amides is 2. The molecule has 32 heavy (non-hydrogen) atoms. The van der Waals surface area contributed by atoms with E-state index in [-0.39, 0.29) is 30.3 Å². The topological polar surface area (TPSA) is 117 Å². The number of aromatic nitrogens is 2. The molecule has 0 saturated carbocycles.